The first-order chi connectivity index (χ1) is 31.5. The Kier molecular flexibility index (Phi) is 6.98. The fourth-order valence-electron chi connectivity index (χ4n) is 9.41. The number of fused-ring (bicyclic) bond motifs is 9. The van der Waals surface area contributed by atoms with Gasteiger partial charge in [-0.3, -0.25) is 0 Å². The third kappa shape index (κ3) is 5.35. The monoisotopic (exact) mass is 766 g/mol. The van der Waals surface area contributed by atoms with Gasteiger partial charge in [0.1, 0.15) is 0 Å². The zero-order valence-electron chi connectivity index (χ0n) is 36.5. The third-order valence-electron chi connectivity index (χ3n) is 12.0. The van der Waals surface area contributed by atoms with Crippen LogP contribution in [-0.4, -0.2) is 4.57 Å². The van der Waals surface area contributed by atoms with Gasteiger partial charge in [0.15, 0.2) is 0 Å². The maximum atomic E-state index is 10.1. The zero-order valence-corrected chi connectivity index (χ0v) is 32.5. The van der Waals surface area contributed by atoms with Crippen molar-refractivity contribution >= 4 is 82.0 Å². The van der Waals surface area contributed by atoms with Crippen LogP contribution in [0.4, 0.5) is 17.1 Å². The Hall–Kier alpha value is -7.94. The molecule has 280 valence electrons. The number of anilines is 3. The number of hydrogen-bond donors (Lipinski definition) is 0. The predicted octanol–water partition coefficient (Wildman–Crippen LogP) is 16.2. The van der Waals surface area contributed by atoms with Crippen LogP contribution in [0.5, 0.6) is 0 Å². The molecule has 0 radical (unpaired) electrons. The summed E-state index contributed by atoms with van der Waals surface area (Å²) in [5.74, 6) is 0. The number of para-hydroxylation sites is 2. The molecule has 0 aliphatic heterocycles. The molecule has 0 spiro atoms. The average Bonchev–Trinajstić information content (AvgIpc) is 3.69. The summed E-state index contributed by atoms with van der Waals surface area (Å²) in [7, 11) is 0. The van der Waals surface area contributed by atoms with Crippen LogP contribution in [0.15, 0.2) is 230 Å². The number of benzene rings is 11. The van der Waals surface area contributed by atoms with Crippen molar-refractivity contribution in [2.24, 2.45) is 0 Å². The third-order valence-corrected chi connectivity index (χ3v) is 12.0. The Morgan fingerprint density at radius 2 is 0.783 bits per heavy atom. The lowest BCUT2D eigenvalue weighted by atomic mass is 9.85. The second-order valence-corrected chi connectivity index (χ2v) is 15.3. The van der Waals surface area contributed by atoms with E-state index in [1.807, 2.05) is 89.8 Å². The van der Waals surface area contributed by atoms with E-state index in [1.54, 1.807) is 0 Å². The summed E-state index contributed by atoms with van der Waals surface area (Å²) in [5, 5.41) is 10.3. The molecule has 12 rings (SSSR count). The maximum absolute atomic E-state index is 10.1. The lowest BCUT2D eigenvalue weighted by molar-refractivity contribution is 1.17. The smallest absolute Gasteiger partial charge is 0.0645 e. The lowest BCUT2D eigenvalue weighted by Gasteiger charge is -2.28. The Labute approximate surface area is 354 Å². The molecule has 0 atom stereocenters. The molecule has 0 saturated heterocycles. The highest BCUT2D eigenvalue weighted by atomic mass is 15.1. The van der Waals surface area contributed by atoms with Crippen LogP contribution < -0.4 is 4.90 Å². The molecule has 1 heterocycles. The van der Waals surface area contributed by atoms with Crippen molar-refractivity contribution in [2.45, 2.75) is 0 Å². The normalized spacial score (nSPS) is 12.6. The van der Waals surface area contributed by atoms with Gasteiger partial charge in [0.05, 0.1) is 22.2 Å². The van der Waals surface area contributed by atoms with E-state index in [-0.39, 0.29) is 35.4 Å². The molecule has 0 bridgehead atoms. The highest BCUT2D eigenvalue weighted by Gasteiger charge is 2.21. The molecule has 1 aromatic heterocycles. The number of hydrogen-bond acceptors (Lipinski definition) is 1. The Morgan fingerprint density at radius 3 is 1.38 bits per heavy atom. The largest absolute Gasteiger partial charge is 0.310 e. The first kappa shape index (κ1) is 30.2. The van der Waals surface area contributed by atoms with Crippen LogP contribution in [0.1, 0.15) is 5.48 Å². The van der Waals surface area contributed by atoms with Gasteiger partial charge in [0, 0.05) is 33.2 Å². The van der Waals surface area contributed by atoms with Crippen molar-refractivity contribution in [3.8, 4) is 27.9 Å². The van der Waals surface area contributed by atoms with Gasteiger partial charge < -0.3 is 9.47 Å². The van der Waals surface area contributed by atoms with Crippen LogP contribution >= 0.6 is 0 Å². The summed E-state index contributed by atoms with van der Waals surface area (Å²) < 4.78 is 42.5. The molecular formula is C58H38N2. The summed E-state index contributed by atoms with van der Waals surface area (Å²) in [4.78, 5) is 1.94. The van der Waals surface area contributed by atoms with E-state index < -0.39 is 0 Å². The molecular weight excluding hydrogens is 725 g/mol. The summed E-state index contributed by atoms with van der Waals surface area (Å²) in [6, 6.07) is 69.7. The number of rotatable bonds is 6. The molecule has 0 fully saturated rings. The highest BCUT2D eigenvalue weighted by Crippen LogP contribution is 2.47. The first-order valence-corrected chi connectivity index (χ1v) is 20.4. The van der Waals surface area contributed by atoms with E-state index in [4.69, 9.17) is 0 Å². The molecule has 0 unspecified atom stereocenters. The van der Waals surface area contributed by atoms with Crippen molar-refractivity contribution in [3.63, 3.8) is 0 Å². The summed E-state index contributed by atoms with van der Waals surface area (Å²) >= 11 is 0. The topological polar surface area (TPSA) is 8.17 Å². The predicted molar refractivity (Wildman–Crippen MR) is 256 cm³/mol. The zero-order chi connectivity index (χ0) is 43.1. The van der Waals surface area contributed by atoms with E-state index in [1.165, 1.54) is 10.8 Å². The van der Waals surface area contributed by atoms with E-state index in [2.05, 4.69) is 126 Å². The Bertz CT molecular complexity index is 3760. The molecule has 12 aromatic rings. The van der Waals surface area contributed by atoms with Crippen molar-refractivity contribution in [1.82, 2.24) is 4.57 Å². The molecule has 0 saturated carbocycles. The Morgan fingerprint density at radius 1 is 0.333 bits per heavy atom. The summed E-state index contributed by atoms with van der Waals surface area (Å²) in [6.07, 6.45) is 0. The summed E-state index contributed by atoms with van der Waals surface area (Å²) in [6.45, 7) is 0. The molecule has 11 aromatic carbocycles. The molecule has 0 aliphatic rings. The number of nitrogens with zero attached hydrogens (tertiary/aromatic N) is 2. The van der Waals surface area contributed by atoms with Crippen molar-refractivity contribution < 1.29 is 5.48 Å². The molecule has 60 heavy (non-hydrogen) atoms. The fraction of sp³-hybridized carbons (Fsp3) is 0. The molecule has 0 N–H and O–H groups in total. The molecule has 2 heteroatoms. The van der Waals surface area contributed by atoms with Crippen LogP contribution in [0.2, 0.25) is 0 Å². The van der Waals surface area contributed by atoms with Gasteiger partial charge in [-0.2, -0.15) is 0 Å². The summed E-state index contributed by atoms with van der Waals surface area (Å²) in [5.41, 5.74) is 7.57. The van der Waals surface area contributed by atoms with Gasteiger partial charge in [0.2, 0.25) is 0 Å². The van der Waals surface area contributed by atoms with Crippen LogP contribution in [-0.2, 0) is 0 Å². The van der Waals surface area contributed by atoms with Gasteiger partial charge in [-0.25, -0.2) is 0 Å². The van der Waals surface area contributed by atoms with Gasteiger partial charge in [0.25, 0.3) is 0 Å². The lowest BCUT2D eigenvalue weighted by Crippen LogP contribution is -2.11. The van der Waals surface area contributed by atoms with Crippen LogP contribution in [0.3, 0.4) is 0 Å². The standard InChI is InChI=1S/C58H38N2/c1-2-16-39(17-3-1)57-52-26-10-7-21-47(52)48-22-8-11-27-53(48)58(57)40-30-32-42(33-31-40)59(56-38-41-18-4-5-19-45(41)46-20-6-9-23-49(46)56)43-34-36-44(37-35-43)60-54-28-14-12-24-50(54)51-25-13-15-29-55(51)60/h1-38H/i30D,31D,32D,33D. The molecule has 2 nitrogen and oxygen atoms in total. The van der Waals surface area contributed by atoms with E-state index in [0.29, 0.717) is 11.3 Å². The van der Waals surface area contributed by atoms with Gasteiger partial charge in [-0.05, 0) is 115 Å². The highest BCUT2D eigenvalue weighted by molar-refractivity contribution is 6.22. The minimum atomic E-state index is -0.129. The van der Waals surface area contributed by atoms with Crippen LogP contribution in [0.25, 0.3) is 92.8 Å². The second-order valence-electron chi connectivity index (χ2n) is 15.3. The first-order valence-electron chi connectivity index (χ1n) is 22.4. The van der Waals surface area contributed by atoms with Crippen molar-refractivity contribution in [1.29, 1.82) is 0 Å². The quantitative estimate of drug-likeness (QED) is 0.153. The Balaban J connectivity index is 1.14. The van der Waals surface area contributed by atoms with Gasteiger partial charge in [-0.1, -0.05) is 176 Å². The van der Waals surface area contributed by atoms with Gasteiger partial charge >= 0.3 is 0 Å². The minimum Gasteiger partial charge on any atom is -0.310 e. The second kappa shape index (κ2) is 13.9. The maximum Gasteiger partial charge on any atom is 0.0645 e. The minimum absolute atomic E-state index is 0.106. The average molecular weight is 767 g/mol. The van der Waals surface area contributed by atoms with E-state index in [9.17, 15) is 5.48 Å². The van der Waals surface area contributed by atoms with E-state index >= 15 is 0 Å². The van der Waals surface area contributed by atoms with Crippen molar-refractivity contribution in [2.75, 3.05) is 4.90 Å². The SMILES string of the molecule is [2H]c1c([2H])c(N(c2ccc(-n3c4ccccc4c4ccccc43)cc2)c2cc3ccccc3c3ccccc23)c([2H])c([2H])c1-c1c(-c2ccccc2)c2ccccc2c2ccccc12. The number of aromatic nitrogens is 1. The van der Waals surface area contributed by atoms with Gasteiger partial charge in [-0.15, -0.1) is 0 Å². The van der Waals surface area contributed by atoms with Crippen molar-refractivity contribution in [3.05, 3.63) is 230 Å². The van der Waals surface area contributed by atoms with E-state index in [0.717, 1.165) is 76.6 Å². The van der Waals surface area contributed by atoms with Crippen LogP contribution in [0, 0.1) is 0 Å². The molecule has 0 amide bonds. The fourth-order valence-corrected chi connectivity index (χ4v) is 9.41. The molecule has 0 aliphatic carbocycles.